The Morgan fingerprint density at radius 1 is 1.06 bits per heavy atom. The molecule has 0 bridgehead atoms. The molecule has 1 aliphatic carbocycles. The molecule has 2 unspecified atom stereocenters. The Labute approximate surface area is 107 Å². The zero-order valence-corrected chi connectivity index (χ0v) is 12.0. The first-order chi connectivity index (χ1) is 8.08. The smallest absolute Gasteiger partial charge is 0.0892 e. The lowest BCUT2D eigenvalue weighted by atomic mass is 9.83. The molecule has 0 aromatic rings. The van der Waals surface area contributed by atoms with Gasteiger partial charge in [0.25, 0.3) is 0 Å². The van der Waals surface area contributed by atoms with E-state index in [0.29, 0.717) is 6.10 Å². The van der Waals surface area contributed by atoms with Gasteiger partial charge in [0.15, 0.2) is 0 Å². The highest BCUT2D eigenvalue weighted by Crippen LogP contribution is 2.39. The molecular formula is C16H30O. The standard InChI is InChI=1S/C16H30O/c1-13(10-12-15-16(2,3)17-15)9-11-14-7-5-4-6-8-14/h13-15H,4-12H2,1-3H3. The van der Waals surface area contributed by atoms with Gasteiger partial charge < -0.3 is 4.74 Å². The Morgan fingerprint density at radius 2 is 1.65 bits per heavy atom. The third kappa shape index (κ3) is 4.28. The topological polar surface area (TPSA) is 12.5 Å². The Hall–Kier alpha value is -0.0400. The maximum Gasteiger partial charge on any atom is 0.0892 e. The normalized spacial score (nSPS) is 30.2. The first kappa shape index (κ1) is 13.4. The van der Waals surface area contributed by atoms with Crippen molar-refractivity contribution in [3.63, 3.8) is 0 Å². The Bertz CT molecular complexity index is 228. The fourth-order valence-corrected chi connectivity index (χ4v) is 3.32. The van der Waals surface area contributed by atoms with Gasteiger partial charge in [0.05, 0.1) is 11.7 Å². The van der Waals surface area contributed by atoms with Gasteiger partial charge in [0.2, 0.25) is 0 Å². The summed E-state index contributed by atoms with van der Waals surface area (Å²) in [5.74, 6) is 1.96. The third-order valence-corrected chi connectivity index (χ3v) is 4.88. The minimum Gasteiger partial charge on any atom is -0.367 e. The van der Waals surface area contributed by atoms with E-state index in [1.807, 2.05) is 0 Å². The van der Waals surface area contributed by atoms with Crippen LogP contribution in [0.2, 0.25) is 0 Å². The molecule has 1 heterocycles. The molecule has 0 N–H and O–H groups in total. The van der Waals surface area contributed by atoms with Crippen molar-refractivity contribution in [3.8, 4) is 0 Å². The summed E-state index contributed by atoms with van der Waals surface area (Å²) in [4.78, 5) is 0. The van der Waals surface area contributed by atoms with Gasteiger partial charge in [-0.05, 0) is 38.5 Å². The highest BCUT2D eigenvalue weighted by molar-refractivity contribution is 4.94. The van der Waals surface area contributed by atoms with Gasteiger partial charge in [-0.3, -0.25) is 0 Å². The second-order valence-electron chi connectivity index (χ2n) is 6.97. The van der Waals surface area contributed by atoms with Gasteiger partial charge in [0, 0.05) is 0 Å². The summed E-state index contributed by atoms with van der Waals surface area (Å²) in [6, 6.07) is 0. The molecule has 2 atom stereocenters. The number of hydrogen-bond donors (Lipinski definition) is 0. The van der Waals surface area contributed by atoms with Crippen molar-refractivity contribution >= 4 is 0 Å². The summed E-state index contributed by atoms with van der Waals surface area (Å²) in [5, 5.41) is 0. The highest BCUT2D eigenvalue weighted by Gasteiger charge is 2.46. The number of epoxide rings is 1. The summed E-state index contributed by atoms with van der Waals surface area (Å²) in [6.45, 7) is 6.85. The Kier molecular flexibility index (Phi) is 4.52. The lowest BCUT2D eigenvalue weighted by Crippen LogP contribution is -2.09. The number of hydrogen-bond acceptors (Lipinski definition) is 1. The molecule has 1 aliphatic heterocycles. The van der Waals surface area contributed by atoms with Crippen molar-refractivity contribution in [1.29, 1.82) is 0 Å². The molecule has 17 heavy (non-hydrogen) atoms. The van der Waals surface area contributed by atoms with E-state index in [1.54, 1.807) is 0 Å². The van der Waals surface area contributed by atoms with Crippen molar-refractivity contribution in [3.05, 3.63) is 0 Å². The maximum absolute atomic E-state index is 5.65. The van der Waals surface area contributed by atoms with Gasteiger partial charge in [-0.25, -0.2) is 0 Å². The summed E-state index contributed by atoms with van der Waals surface area (Å²) < 4.78 is 5.65. The first-order valence-corrected chi connectivity index (χ1v) is 7.76. The third-order valence-electron chi connectivity index (χ3n) is 4.88. The molecule has 2 aliphatic rings. The van der Waals surface area contributed by atoms with Crippen LogP contribution in [0.5, 0.6) is 0 Å². The van der Waals surface area contributed by atoms with E-state index in [1.165, 1.54) is 57.8 Å². The second-order valence-corrected chi connectivity index (χ2v) is 6.97. The van der Waals surface area contributed by atoms with Crippen molar-refractivity contribution in [2.75, 3.05) is 0 Å². The van der Waals surface area contributed by atoms with Crippen molar-refractivity contribution in [1.82, 2.24) is 0 Å². The van der Waals surface area contributed by atoms with Crippen LogP contribution in [-0.2, 0) is 4.74 Å². The SMILES string of the molecule is CC(CCC1CCCCC1)CCC1OC1(C)C. The van der Waals surface area contributed by atoms with Crippen LogP contribution in [0.4, 0.5) is 0 Å². The molecule has 1 heteroatoms. The average Bonchev–Trinajstić information content (AvgIpc) is 2.93. The van der Waals surface area contributed by atoms with Crippen LogP contribution in [0.25, 0.3) is 0 Å². The minimum absolute atomic E-state index is 0.198. The summed E-state index contributed by atoms with van der Waals surface area (Å²) >= 11 is 0. The fraction of sp³-hybridized carbons (Fsp3) is 1.00. The zero-order valence-electron chi connectivity index (χ0n) is 12.0. The Morgan fingerprint density at radius 3 is 2.24 bits per heavy atom. The summed E-state index contributed by atoms with van der Waals surface area (Å²) in [7, 11) is 0. The molecular weight excluding hydrogens is 208 g/mol. The van der Waals surface area contributed by atoms with Crippen LogP contribution >= 0.6 is 0 Å². The van der Waals surface area contributed by atoms with E-state index in [-0.39, 0.29) is 5.60 Å². The predicted molar refractivity (Wildman–Crippen MR) is 73.2 cm³/mol. The predicted octanol–water partition coefficient (Wildman–Crippen LogP) is 4.94. The molecule has 2 fully saturated rings. The quantitative estimate of drug-likeness (QED) is 0.597. The maximum atomic E-state index is 5.65. The summed E-state index contributed by atoms with van der Waals surface area (Å²) in [6.07, 6.45) is 13.6. The molecule has 0 radical (unpaired) electrons. The van der Waals surface area contributed by atoms with Crippen LogP contribution in [-0.4, -0.2) is 11.7 Å². The van der Waals surface area contributed by atoms with E-state index in [0.717, 1.165) is 11.8 Å². The molecule has 1 saturated carbocycles. The number of rotatable bonds is 6. The van der Waals surface area contributed by atoms with Crippen LogP contribution < -0.4 is 0 Å². The monoisotopic (exact) mass is 238 g/mol. The Balaban J connectivity index is 1.53. The van der Waals surface area contributed by atoms with Gasteiger partial charge >= 0.3 is 0 Å². The summed E-state index contributed by atoms with van der Waals surface area (Å²) in [5.41, 5.74) is 0.198. The number of ether oxygens (including phenoxy) is 1. The van der Waals surface area contributed by atoms with Gasteiger partial charge in [-0.1, -0.05) is 51.9 Å². The van der Waals surface area contributed by atoms with Crippen LogP contribution in [0, 0.1) is 11.8 Å². The zero-order chi connectivity index (χ0) is 12.3. The van der Waals surface area contributed by atoms with E-state index < -0.39 is 0 Å². The van der Waals surface area contributed by atoms with Gasteiger partial charge in [-0.2, -0.15) is 0 Å². The highest BCUT2D eigenvalue weighted by atomic mass is 16.6. The minimum atomic E-state index is 0.198. The molecule has 2 rings (SSSR count). The largest absolute Gasteiger partial charge is 0.367 e. The van der Waals surface area contributed by atoms with Crippen molar-refractivity contribution < 1.29 is 4.74 Å². The molecule has 100 valence electrons. The molecule has 0 spiro atoms. The van der Waals surface area contributed by atoms with E-state index in [9.17, 15) is 0 Å². The second kappa shape index (κ2) is 5.73. The van der Waals surface area contributed by atoms with E-state index in [2.05, 4.69) is 20.8 Å². The van der Waals surface area contributed by atoms with Gasteiger partial charge in [-0.15, -0.1) is 0 Å². The van der Waals surface area contributed by atoms with E-state index in [4.69, 9.17) is 4.74 Å². The van der Waals surface area contributed by atoms with Crippen molar-refractivity contribution in [2.45, 2.75) is 90.3 Å². The van der Waals surface area contributed by atoms with Crippen LogP contribution in [0.3, 0.4) is 0 Å². The van der Waals surface area contributed by atoms with Crippen LogP contribution in [0.15, 0.2) is 0 Å². The first-order valence-electron chi connectivity index (χ1n) is 7.76. The van der Waals surface area contributed by atoms with Crippen molar-refractivity contribution in [2.24, 2.45) is 11.8 Å². The molecule has 0 aromatic heterocycles. The lowest BCUT2D eigenvalue weighted by Gasteiger charge is -2.22. The van der Waals surface area contributed by atoms with Crippen LogP contribution in [0.1, 0.15) is 78.6 Å². The molecule has 0 amide bonds. The molecule has 0 aromatic carbocycles. The fourth-order valence-electron chi connectivity index (χ4n) is 3.32. The average molecular weight is 238 g/mol. The molecule has 1 saturated heterocycles. The lowest BCUT2D eigenvalue weighted by molar-refractivity contribution is 0.294. The van der Waals surface area contributed by atoms with Gasteiger partial charge in [0.1, 0.15) is 0 Å². The molecule has 1 nitrogen and oxygen atoms in total. The van der Waals surface area contributed by atoms with E-state index >= 15 is 0 Å².